The van der Waals surface area contributed by atoms with Gasteiger partial charge in [-0.15, -0.1) is 0 Å². The first-order chi connectivity index (χ1) is 12.6. The molecule has 0 radical (unpaired) electrons. The van der Waals surface area contributed by atoms with Crippen molar-refractivity contribution >= 4 is 33.0 Å². The van der Waals surface area contributed by atoms with Gasteiger partial charge in [0.15, 0.2) is 9.84 Å². The molecular weight excluding hydrogens is 411 g/mol. The molecule has 0 fully saturated rings. The highest BCUT2D eigenvalue weighted by atomic mass is 35.5. The summed E-state index contributed by atoms with van der Waals surface area (Å²) in [6, 6.07) is 12.4. The first kappa shape index (κ1) is 19.5. The van der Waals surface area contributed by atoms with E-state index < -0.39 is 15.5 Å². The molecule has 0 saturated carbocycles. The first-order valence-corrected chi connectivity index (χ1v) is 10.4. The lowest BCUT2D eigenvalue weighted by Crippen LogP contribution is -2.06. The lowest BCUT2D eigenvalue weighted by molar-refractivity contribution is 0.410. The summed E-state index contributed by atoms with van der Waals surface area (Å²) in [5.74, 6) is 0.671. The molecule has 0 bridgehead atoms. The molecule has 0 atom stereocenters. The van der Waals surface area contributed by atoms with Gasteiger partial charge in [-0.2, -0.15) is 0 Å². The smallest absolute Gasteiger partial charge is 0.379 e. The van der Waals surface area contributed by atoms with Crippen LogP contribution in [0.2, 0.25) is 10.0 Å². The molecule has 140 valence electrons. The zero-order chi connectivity index (χ0) is 19.8. The molecule has 3 aromatic rings. The van der Waals surface area contributed by atoms with Crippen molar-refractivity contribution in [3.8, 4) is 22.6 Å². The summed E-state index contributed by atoms with van der Waals surface area (Å²) in [6.45, 7) is 1.64. The number of sulfone groups is 1. The maximum Gasteiger partial charge on any atom is 0.379 e. The van der Waals surface area contributed by atoms with E-state index in [1.807, 2.05) is 0 Å². The Hall–Kier alpha value is -2.28. The highest BCUT2D eigenvalue weighted by molar-refractivity contribution is 7.90. The average Bonchev–Trinajstić information content (AvgIpc) is 2.59. The molecule has 1 aromatic heterocycles. The third-order valence-corrected chi connectivity index (χ3v) is 5.60. The molecule has 0 unspecified atom stereocenters. The van der Waals surface area contributed by atoms with Crippen molar-refractivity contribution in [1.29, 1.82) is 0 Å². The maximum atomic E-state index is 12.4. The van der Waals surface area contributed by atoms with E-state index in [2.05, 4.69) is 0 Å². The molecule has 0 N–H and O–H groups in total. The van der Waals surface area contributed by atoms with Crippen LogP contribution in [0.25, 0.3) is 11.1 Å². The van der Waals surface area contributed by atoms with Crippen LogP contribution in [-0.2, 0) is 9.84 Å². The van der Waals surface area contributed by atoms with Gasteiger partial charge in [-0.25, -0.2) is 13.2 Å². The quantitative estimate of drug-likeness (QED) is 0.580. The summed E-state index contributed by atoms with van der Waals surface area (Å²) in [4.78, 5) is 12.5. The Labute approximate surface area is 166 Å². The Morgan fingerprint density at radius 2 is 1.63 bits per heavy atom. The van der Waals surface area contributed by atoms with Crippen molar-refractivity contribution < 1.29 is 17.6 Å². The van der Waals surface area contributed by atoms with E-state index in [0.717, 1.165) is 6.26 Å². The summed E-state index contributed by atoms with van der Waals surface area (Å²) in [5.41, 5.74) is 0.409. The minimum Gasteiger partial charge on any atom is -0.449 e. The van der Waals surface area contributed by atoms with Crippen molar-refractivity contribution in [3.63, 3.8) is 0 Å². The van der Waals surface area contributed by atoms with Crippen LogP contribution in [0.5, 0.6) is 11.5 Å². The van der Waals surface area contributed by atoms with Gasteiger partial charge in [0.1, 0.15) is 11.5 Å². The van der Waals surface area contributed by atoms with Gasteiger partial charge in [0.05, 0.1) is 14.9 Å². The number of aryl methyl sites for hydroxylation is 1. The Kier molecular flexibility index (Phi) is 5.33. The lowest BCUT2D eigenvalue weighted by Gasteiger charge is -2.11. The van der Waals surface area contributed by atoms with Crippen LogP contribution in [0.1, 0.15) is 5.76 Å². The van der Waals surface area contributed by atoms with E-state index in [4.69, 9.17) is 32.4 Å². The zero-order valence-corrected chi connectivity index (χ0v) is 16.7. The Bertz CT molecular complexity index is 1170. The molecule has 5 nitrogen and oxygen atoms in total. The van der Waals surface area contributed by atoms with Gasteiger partial charge in [0, 0.05) is 17.9 Å². The lowest BCUT2D eigenvalue weighted by atomic mass is 10.1. The largest absolute Gasteiger partial charge is 0.449 e. The number of rotatable bonds is 4. The minimum absolute atomic E-state index is 0.0360. The number of halogens is 2. The number of ether oxygens (including phenoxy) is 1. The normalized spacial score (nSPS) is 11.4. The predicted molar refractivity (Wildman–Crippen MR) is 105 cm³/mol. The second-order valence-corrected chi connectivity index (χ2v) is 8.69. The summed E-state index contributed by atoms with van der Waals surface area (Å²) in [7, 11) is -3.32. The third-order valence-electron chi connectivity index (χ3n) is 3.74. The van der Waals surface area contributed by atoms with Gasteiger partial charge in [-0.05, 0) is 42.8 Å². The van der Waals surface area contributed by atoms with E-state index in [-0.39, 0.29) is 15.7 Å². The fraction of sp³-hybridized carbons (Fsp3) is 0.105. The van der Waals surface area contributed by atoms with Crippen molar-refractivity contribution in [1.82, 2.24) is 0 Å². The summed E-state index contributed by atoms with van der Waals surface area (Å²) < 4.78 is 34.1. The van der Waals surface area contributed by atoms with Gasteiger partial charge >= 0.3 is 5.63 Å². The van der Waals surface area contributed by atoms with Crippen molar-refractivity contribution in [3.05, 3.63) is 74.8 Å². The van der Waals surface area contributed by atoms with Crippen LogP contribution in [0.15, 0.2) is 62.6 Å². The topological polar surface area (TPSA) is 73.6 Å². The van der Waals surface area contributed by atoms with Crippen LogP contribution in [0.4, 0.5) is 0 Å². The molecule has 2 aromatic carbocycles. The summed E-state index contributed by atoms with van der Waals surface area (Å²) >= 11 is 11.9. The molecule has 0 aliphatic heterocycles. The standard InChI is InChI=1S/C19H14Cl2O5S/c1-11-9-15(12-3-6-14(7-4-12)27(2,23)24)18(19(22)25-11)26-13-5-8-16(20)17(21)10-13/h3-10H,1-2H3. The van der Waals surface area contributed by atoms with E-state index >= 15 is 0 Å². The van der Waals surface area contributed by atoms with Crippen LogP contribution < -0.4 is 10.4 Å². The van der Waals surface area contributed by atoms with E-state index in [1.54, 1.807) is 37.3 Å². The van der Waals surface area contributed by atoms with E-state index in [1.165, 1.54) is 18.2 Å². The van der Waals surface area contributed by atoms with Gasteiger partial charge in [0.2, 0.25) is 5.75 Å². The molecule has 8 heteroatoms. The van der Waals surface area contributed by atoms with Gasteiger partial charge in [-0.1, -0.05) is 35.3 Å². The number of benzene rings is 2. The highest BCUT2D eigenvalue weighted by Gasteiger charge is 2.16. The fourth-order valence-corrected chi connectivity index (χ4v) is 3.37. The van der Waals surface area contributed by atoms with Gasteiger partial charge < -0.3 is 9.15 Å². The number of hydrogen-bond donors (Lipinski definition) is 0. The average molecular weight is 425 g/mol. The third kappa shape index (κ3) is 4.35. The first-order valence-electron chi connectivity index (χ1n) is 7.73. The maximum absolute atomic E-state index is 12.4. The Morgan fingerprint density at radius 1 is 0.963 bits per heavy atom. The van der Waals surface area contributed by atoms with Crippen molar-refractivity contribution in [2.75, 3.05) is 6.26 Å². The molecule has 0 aliphatic rings. The minimum atomic E-state index is -3.32. The SMILES string of the molecule is Cc1cc(-c2ccc(S(C)(=O)=O)cc2)c(Oc2ccc(Cl)c(Cl)c2)c(=O)o1. The highest BCUT2D eigenvalue weighted by Crippen LogP contribution is 2.34. The number of hydrogen-bond acceptors (Lipinski definition) is 5. The van der Waals surface area contributed by atoms with Crippen LogP contribution in [0.3, 0.4) is 0 Å². The molecule has 0 saturated heterocycles. The van der Waals surface area contributed by atoms with Gasteiger partial charge in [0.25, 0.3) is 0 Å². The van der Waals surface area contributed by atoms with E-state index in [9.17, 15) is 13.2 Å². The molecule has 27 heavy (non-hydrogen) atoms. The second kappa shape index (κ2) is 7.38. The van der Waals surface area contributed by atoms with Crippen LogP contribution in [0, 0.1) is 6.92 Å². The van der Waals surface area contributed by atoms with E-state index in [0.29, 0.717) is 27.7 Å². The van der Waals surface area contributed by atoms with Gasteiger partial charge in [-0.3, -0.25) is 0 Å². The molecular formula is C19H14Cl2O5S. The molecule has 3 rings (SSSR count). The molecule has 0 amide bonds. The zero-order valence-electron chi connectivity index (χ0n) is 14.3. The molecule has 1 heterocycles. The van der Waals surface area contributed by atoms with Crippen LogP contribution in [-0.4, -0.2) is 14.7 Å². The fourth-order valence-electron chi connectivity index (χ4n) is 2.45. The Balaban J connectivity index is 2.10. The van der Waals surface area contributed by atoms with Crippen molar-refractivity contribution in [2.45, 2.75) is 11.8 Å². The monoisotopic (exact) mass is 424 g/mol. The Morgan fingerprint density at radius 3 is 2.22 bits per heavy atom. The molecule has 0 spiro atoms. The second-order valence-electron chi connectivity index (χ2n) is 5.86. The van der Waals surface area contributed by atoms with Crippen LogP contribution >= 0.6 is 23.2 Å². The predicted octanol–water partition coefficient (Wildman–Crippen LogP) is 5.12. The molecule has 0 aliphatic carbocycles. The summed E-state index contributed by atoms with van der Waals surface area (Å²) in [5, 5.41) is 0.640. The van der Waals surface area contributed by atoms with Crippen molar-refractivity contribution in [2.24, 2.45) is 0 Å². The summed E-state index contributed by atoms with van der Waals surface area (Å²) in [6.07, 6.45) is 1.13.